The Bertz CT molecular complexity index is 812. The molecule has 1 unspecified atom stereocenters. The van der Waals surface area contributed by atoms with Crippen molar-refractivity contribution in [3.63, 3.8) is 0 Å². The van der Waals surface area contributed by atoms with Crippen LogP contribution in [0.2, 0.25) is 0 Å². The molecule has 4 aliphatic carbocycles. The molecule has 0 aliphatic heterocycles. The lowest BCUT2D eigenvalue weighted by Gasteiger charge is -2.59. The monoisotopic (exact) mass is 388 g/mol. The highest BCUT2D eigenvalue weighted by molar-refractivity contribution is 6.37. The van der Waals surface area contributed by atoms with Gasteiger partial charge in [0.2, 0.25) is 0 Å². The predicted octanol–water partition coefficient (Wildman–Crippen LogP) is 1.74. The van der Waals surface area contributed by atoms with Gasteiger partial charge in [-0.15, -0.1) is 0 Å². The number of ether oxygens (including phenoxy) is 1. The van der Waals surface area contributed by atoms with Gasteiger partial charge in [0, 0.05) is 16.7 Å². The number of carbonyl (C=O) groups is 3. The Kier molecular flexibility index (Phi) is 4.25. The second-order valence-corrected chi connectivity index (χ2v) is 9.43. The standard InChI is InChI=1S/C22H28O6/c1-20-8-6-13(23)10-12(20)4-5-14-15-7-9-22(27,18(25)19(26)28-3)21(15,2)11-16(24)17(14)20/h6,8,10,14-17,24,27H,4-5,7,9,11H2,1-3H3/t14-,15-,16?,17+,20-,21-,22-/m0/s1. The van der Waals surface area contributed by atoms with Gasteiger partial charge in [-0.3, -0.25) is 9.59 Å². The summed E-state index contributed by atoms with van der Waals surface area (Å²) in [6, 6.07) is 0. The number of aliphatic hydroxyl groups is 2. The van der Waals surface area contributed by atoms with Crippen molar-refractivity contribution in [1.82, 2.24) is 0 Å². The number of rotatable bonds is 2. The van der Waals surface area contributed by atoms with Crippen molar-refractivity contribution in [3.8, 4) is 0 Å². The normalized spacial score (nSPS) is 46.9. The third-order valence-corrected chi connectivity index (χ3v) is 8.39. The van der Waals surface area contributed by atoms with Gasteiger partial charge in [0.15, 0.2) is 5.78 Å². The molecule has 4 aliphatic rings. The Hall–Kier alpha value is -1.79. The molecule has 0 aromatic carbocycles. The van der Waals surface area contributed by atoms with Crippen LogP contribution in [-0.2, 0) is 19.1 Å². The van der Waals surface area contributed by atoms with E-state index in [1.165, 1.54) is 0 Å². The van der Waals surface area contributed by atoms with Gasteiger partial charge in [-0.25, -0.2) is 4.79 Å². The number of methoxy groups -OCH3 is 1. The molecule has 28 heavy (non-hydrogen) atoms. The molecular weight excluding hydrogens is 360 g/mol. The van der Waals surface area contributed by atoms with Crippen molar-refractivity contribution in [2.45, 2.75) is 57.7 Å². The van der Waals surface area contributed by atoms with Crippen molar-refractivity contribution < 1.29 is 29.3 Å². The zero-order valence-electron chi connectivity index (χ0n) is 16.6. The first-order valence-electron chi connectivity index (χ1n) is 10.1. The fourth-order valence-electron chi connectivity index (χ4n) is 6.97. The third kappa shape index (κ3) is 2.31. The number of Topliss-reactive ketones (excluding diaryl/α,β-unsaturated/α-hetero) is 1. The molecule has 0 saturated heterocycles. The smallest absolute Gasteiger partial charge is 0.377 e. The molecule has 3 saturated carbocycles. The van der Waals surface area contributed by atoms with E-state index in [1.807, 2.05) is 13.0 Å². The van der Waals surface area contributed by atoms with E-state index in [0.717, 1.165) is 25.5 Å². The fraction of sp³-hybridized carbons (Fsp3) is 0.682. The number of carbonyl (C=O) groups excluding carboxylic acids is 3. The van der Waals surface area contributed by atoms with E-state index >= 15 is 0 Å². The number of allylic oxidation sites excluding steroid dienone is 4. The highest BCUT2D eigenvalue weighted by Crippen LogP contribution is 2.67. The molecule has 0 radical (unpaired) electrons. The van der Waals surface area contributed by atoms with Crippen LogP contribution < -0.4 is 0 Å². The molecule has 2 N–H and O–H groups in total. The number of hydrogen-bond donors (Lipinski definition) is 2. The molecule has 4 rings (SSSR count). The Balaban J connectivity index is 1.73. The Morgan fingerprint density at radius 2 is 1.96 bits per heavy atom. The number of hydrogen-bond acceptors (Lipinski definition) is 6. The van der Waals surface area contributed by atoms with Gasteiger partial charge in [-0.1, -0.05) is 25.5 Å². The highest BCUT2D eigenvalue weighted by atomic mass is 16.5. The molecule has 0 amide bonds. The van der Waals surface area contributed by atoms with Crippen LogP contribution in [0.15, 0.2) is 23.8 Å². The molecule has 0 aromatic heterocycles. The second-order valence-electron chi connectivity index (χ2n) is 9.43. The van der Waals surface area contributed by atoms with Gasteiger partial charge in [0.25, 0.3) is 5.78 Å². The molecule has 0 spiro atoms. The first-order chi connectivity index (χ1) is 13.1. The van der Waals surface area contributed by atoms with Gasteiger partial charge in [0.1, 0.15) is 5.60 Å². The van der Waals surface area contributed by atoms with Crippen molar-refractivity contribution >= 4 is 17.5 Å². The minimum absolute atomic E-state index is 0.0139. The van der Waals surface area contributed by atoms with E-state index in [2.05, 4.69) is 11.7 Å². The second kappa shape index (κ2) is 6.10. The van der Waals surface area contributed by atoms with E-state index in [9.17, 15) is 24.6 Å². The Morgan fingerprint density at radius 3 is 2.64 bits per heavy atom. The summed E-state index contributed by atoms with van der Waals surface area (Å²) in [7, 11) is 1.14. The summed E-state index contributed by atoms with van der Waals surface area (Å²) >= 11 is 0. The molecule has 7 atom stereocenters. The van der Waals surface area contributed by atoms with Crippen LogP contribution in [0.5, 0.6) is 0 Å². The lowest BCUT2D eigenvalue weighted by atomic mass is 9.46. The van der Waals surface area contributed by atoms with Gasteiger partial charge in [-0.2, -0.15) is 0 Å². The molecule has 6 heteroatoms. The summed E-state index contributed by atoms with van der Waals surface area (Å²) in [5.74, 6) is -1.91. The average molecular weight is 388 g/mol. The maximum Gasteiger partial charge on any atom is 0.377 e. The fourth-order valence-corrected chi connectivity index (χ4v) is 6.97. The van der Waals surface area contributed by atoms with Gasteiger partial charge < -0.3 is 14.9 Å². The summed E-state index contributed by atoms with van der Waals surface area (Å²) in [5.41, 5.74) is -2.04. The molecule has 3 fully saturated rings. The third-order valence-electron chi connectivity index (χ3n) is 8.39. The Morgan fingerprint density at radius 1 is 1.25 bits per heavy atom. The molecule has 0 heterocycles. The van der Waals surface area contributed by atoms with E-state index in [1.54, 1.807) is 12.2 Å². The summed E-state index contributed by atoms with van der Waals surface area (Å²) in [6.07, 6.45) is 7.08. The van der Waals surface area contributed by atoms with Crippen LogP contribution in [0.3, 0.4) is 0 Å². The zero-order chi connectivity index (χ0) is 20.5. The predicted molar refractivity (Wildman–Crippen MR) is 100.0 cm³/mol. The van der Waals surface area contributed by atoms with Crippen LogP contribution in [0, 0.1) is 28.6 Å². The summed E-state index contributed by atoms with van der Waals surface area (Å²) in [4.78, 5) is 36.4. The molecule has 0 aromatic rings. The highest BCUT2D eigenvalue weighted by Gasteiger charge is 2.69. The summed E-state index contributed by atoms with van der Waals surface area (Å²) < 4.78 is 4.59. The number of esters is 1. The minimum Gasteiger partial charge on any atom is -0.463 e. The topological polar surface area (TPSA) is 101 Å². The van der Waals surface area contributed by atoms with Crippen LogP contribution in [0.25, 0.3) is 0 Å². The van der Waals surface area contributed by atoms with Gasteiger partial charge in [0.05, 0.1) is 13.2 Å². The largest absolute Gasteiger partial charge is 0.463 e. The van der Waals surface area contributed by atoms with Crippen LogP contribution in [-0.4, -0.2) is 46.6 Å². The van der Waals surface area contributed by atoms with Crippen molar-refractivity contribution in [2.24, 2.45) is 28.6 Å². The number of aliphatic hydroxyl groups excluding tert-OH is 1. The maximum atomic E-state index is 12.7. The SMILES string of the molecule is COC(=O)C(=O)[C@@]1(O)CC[C@H]2[C@@H]3CCC4=CC(=O)C=C[C@]4(C)[C@H]3C(O)C[C@@]21C. The van der Waals surface area contributed by atoms with Crippen molar-refractivity contribution in [3.05, 3.63) is 23.8 Å². The first kappa shape index (κ1) is 19.5. The molecule has 0 bridgehead atoms. The van der Waals surface area contributed by atoms with E-state index in [0.29, 0.717) is 6.42 Å². The van der Waals surface area contributed by atoms with E-state index < -0.39 is 34.3 Å². The van der Waals surface area contributed by atoms with E-state index in [-0.39, 0.29) is 36.4 Å². The average Bonchev–Trinajstić information content (AvgIpc) is 2.92. The quantitative estimate of drug-likeness (QED) is 0.552. The molecule has 6 nitrogen and oxygen atoms in total. The Labute approximate surface area is 164 Å². The lowest BCUT2D eigenvalue weighted by Crippen LogP contribution is -2.62. The lowest BCUT2D eigenvalue weighted by molar-refractivity contribution is -0.184. The zero-order valence-corrected chi connectivity index (χ0v) is 16.6. The van der Waals surface area contributed by atoms with Crippen LogP contribution >= 0.6 is 0 Å². The summed E-state index contributed by atoms with van der Waals surface area (Å²) in [5, 5.41) is 22.5. The van der Waals surface area contributed by atoms with Crippen LogP contribution in [0.1, 0.15) is 46.0 Å². The number of ketones is 2. The van der Waals surface area contributed by atoms with Crippen LogP contribution in [0.4, 0.5) is 0 Å². The van der Waals surface area contributed by atoms with Crippen molar-refractivity contribution in [1.29, 1.82) is 0 Å². The minimum atomic E-state index is -1.81. The molecular formula is C22H28O6. The van der Waals surface area contributed by atoms with Crippen molar-refractivity contribution in [2.75, 3.05) is 7.11 Å². The molecule has 152 valence electrons. The number of fused-ring (bicyclic) bond motifs is 5. The van der Waals surface area contributed by atoms with E-state index in [4.69, 9.17) is 0 Å². The maximum absolute atomic E-state index is 12.7. The van der Waals surface area contributed by atoms with Gasteiger partial charge in [-0.05, 0) is 56.1 Å². The summed E-state index contributed by atoms with van der Waals surface area (Å²) in [6.45, 7) is 3.91. The van der Waals surface area contributed by atoms with Gasteiger partial charge >= 0.3 is 5.97 Å². The first-order valence-corrected chi connectivity index (χ1v) is 10.1.